The first kappa shape index (κ1) is 44.5. The Balaban J connectivity index is 0.976. The first-order valence-electron chi connectivity index (χ1n) is 22.9. The van der Waals surface area contributed by atoms with Crippen molar-refractivity contribution in [2.75, 3.05) is 41.0 Å². The van der Waals surface area contributed by atoms with Gasteiger partial charge in [0.25, 0.3) is 5.91 Å². The van der Waals surface area contributed by atoms with Gasteiger partial charge in [0, 0.05) is 37.1 Å². The summed E-state index contributed by atoms with van der Waals surface area (Å²) in [7, 11) is 4.26. The van der Waals surface area contributed by atoms with Crippen molar-refractivity contribution in [1.82, 2.24) is 40.4 Å². The molecule has 4 amide bonds. The number of fused-ring (bicyclic) bond motifs is 6. The molecule has 0 unspecified atom stereocenters. The number of alkyl carbamates (subject to hydrolysis) is 2. The number of benzene rings is 3. The predicted molar refractivity (Wildman–Crippen MR) is 248 cm³/mol. The van der Waals surface area contributed by atoms with Gasteiger partial charge in [-0.3, -0.25) is 9.59 Å². The van der Waals surface area contributed by atoms with Gasteiger partial charge in [0.1, 0.15) is 36.1 Å². The van der Waals surface area contributed by atoms with E-state index in [9.17, 15) is 19.2 Å². The number of likely N-dealkylation sites (tertiary alicyclic amines) is 2. The summed E-state index contributed by atoms with van der Waals surface area (Å²) in [6.45, 7) is 7.95. The lowest BCUT2D eigenvalue weighted by Gasteiger charge is -2.30. The lowest BCUT2D eigenvalue weighted by Crippen LogP contribution is -2.51. The van der Waals surface area contributed by atoms with Gasteiger partial charge in [-0.1, -0.05) is 63.6 Å². The minimum Gasteiger partial charge on any atom is -0.488 e. The number of aromatic amines is 2. The van der Waals surface area contributed by atoms with Crippen molar-refractivity contribution in [2.24, 2.45) is 17.8 Å². The van der Waals surface area contributed by atoms with Crippen LogP contribution in [0.2, 0.25) is 0 Å². The molecule has 5 aromatic rings. The molecular formula is C50H58N8O8. The number of aromatic nitrogens is 4. The van der Waals surface area contributed by atoms with Crippen molar-refractivity contribution < 1.29 is 38.1 Å². The molecule has 5 heterocycles. The summed E-state index contributed by atoms with van der Waals surface area (Å²) in [5.74, 6) is 2.02. The number of H-pyrrole nitrogens is 2. The molecule has 0 spiro atoms. The zero-order chi connectivity index (χ0) is 46.2. The maximum absolute atomic E-state index is 14.5. The van der Waals surface area contributed by atoms with E-state index in [1.165, 1.54) is 14.2 Å². The third kappa shape index (κ3) is 8.49. The van der Waals surface area contributed by atoms with Crippen LogP contribution in [0.15, 0.2) is 72.5 Å². The smallest absolute Gasteiger partial charge is 0.407 e. The Morgan fingerprint density at radius 2 is 1.68 bits per heavy atom. The monoisotopic (exact) mass is 898 g/mol. The molecule has 16 nitrogen and oxygen atoms in total. The molecular weight excluding hydrogens is 841 g/mol. The van der Waals surface area contributed by atoms with Gasteiger partial charge in [-0.2, -0.15) is 0 Å². The summed E-state index contributed by atoms with van der Waals surface area (Å²) in [5.41, 5.74) is 7.23. The zero-order valence-corrected chi connectivity index (χ0v) is 38.3. The third-order valence-electron chi connectivity index (χ3n) is 13.8. The van der Waals surface area contributed by atoms with Crippen LogP contribution in [0.4, 0.5) is 9.59 Å². The van der Waals surface area contributed by atoms with Crippen LogP contribution in [0.5, 0.6) is 5.75 Å². The average molecular weight is 899 g/mol. The molecule has 3 aliphatic heterocycles. The Kier molecular flexibility index (Phi) is 12.6. The van der Waals surface area contributed by atoms with E-state index in [-0.39, 0.29) is 41.7 Å². The van der Waals surface area contributed by atoms with E-state index in [0.29, 0.717) is 44.4 Å². The summed E-state index contributed by atoms with van der Waals surface area (Å²) in [5, 5.41) is 7.52. The fraction of sp³-hybridized carbons (Fsp3) is 0.440. The van der Waals surface area contributed by atoms with Crippen molar-refractivity contribution >= 4 is 45.8 Å². The van der Waals surface area contributed by atoms with E-state index >= 15 is 0 Å². The van der Waals surface area contributed by atoms with Gasteiger partial charge in [0.2, 0.25) is 5.91 Å². The molecule has 2 fully saturated rings. The summed E-state index contributed by atoms with van der Waals surface area (Å²) in [6.07, 6.45) is 10.2. The molecule has 7 atom stereocenters. The highest BCUT2D eigenvalue weighted by atomic mass is 16.5. The van der Waals surface area contributed by atoms with Crippen LogP contribution in [0.3, 0.4) is 0 Å². The second kappa shape index (κ2) is 18.7. The Morgan fingerprint density at radius 1 is 0.894 bits per heavy atom. The van der Waals surface area contributed by atoms with E-state index in [4.69, 9.17) is 28.9 Å². The standard InChI is InChI=1S/C50H58N8O8/c1-7-28(3)42(55-49(61)64-5)47(59)57-23-27(2)17-39(57)45-51-22-38(53-45)32-13-15-34-33(19-32)26-66-41-21-35-31(20-36(34)41)14-16-37-44(35)54-46(52-37)40-18-29(25-63-4)24-58(40)48(60)43(56-50(62)65-6)30-11-9-8-10-12-30/h9,11-16,19-22,27-29,39-40,42-43H,7-8,10,17-18,23-26H2,1-6H3,(H,51,53)(H,52,54)(H,55,61)(H,56,62)/t27-,28-,29-,39-,40-,42-,43+/m0/s1. The normalized spacial score (nSPS) is 21.4. The molecule has 4 aliphatic rings. The number of methoxy groups -OCH3 is 3. The van der Waals surface area contributed by atoms with Crippen molar-refractivity contribution in [3.63, 3.8) is 0 Å². The Bertz CT molecular complexity index is 2740. The third-order valence-corrected chi connectivity index (χ3v) is 13.8. The van der Waals surface area contributed by atoms with Crippen molar-refractivity contribution in [1.29, 1.82) is 0 Å². The quantitative estimate of drug-likeness (QED) is 0.0958. The Hall–Kier alpha value is -6.68. The second-order valence-corrected chi connectivity index (χ2v) is 18.2. The number of nitrogens with one attached hydrogen (secondary N) is 4. The maximum Gasteiger partial charge on any atom is 0.407 e. The van der Waals surface area contributed by atoms with Gasteiger partial charge >= 0.3 is 12.2 Å². The van der Waals surface area contributed by atoms with Crippen LogP contribution in [0.1, 0.15) is 82.2 Å². The van der Waals surface area contributed by atoms with Crippen molar-refractivity contribution in [3.8, 4) is 28.1 Å². The van der Waals surface area contributed by atoms with Gasteiger partial charge in [0.15, 0.2) is 0 Å². The number of hydrogen-bond donors (Lipinski definition) is 4. The topological polar surface area (TPSA) is 193 Å². The van der Waals surface area contributed by atoms with E-state index in [2.05, 4.69) is 63.9 Å². The van der Waals surface area contributed by atoms with E-state index < -0.39 is 24.3 Å². The van der Waals surface area contributed by atoms with Gasteiger partial charge in [0.05, 0.1) is 55.8 Å². The number of amides is 4. The van der Waals surface area contributed by atoms with Crippen LogP contribution in [0.25, 0.3) is 44.2 Å². The first-order valence-corrected chi connectivity index (χ1v) is 22.9. The largest absolute Gasteiger partial charge is 0.488 e. The number of allylic oxidation sites excluding steroid dienone is 2. The fourth-order valence-electron chi connectivity index (χ4n) is 10.1. The van der Waals surface area contributed by atoms with E-state index in [0.717, 1.165) is 86.8 Å². The van der Waals surface area contributed by atoms with E-state index in [1.807, 2.05) is 54.1 Å². The average Bonchev–Trinajstić information content (AvgIpc) is 4.17. The van der Waals surface area contributed by atoms with Crippen LogP contribution >= 0.6 is 0 Å². The predicted octanol–water partition coefficient (Wildman–Crippen LogP) is 7.88. The van der Waals surface area contributed by atoms with Crippen LogP contribution in [0, 0.1) is 17.8 Å². The molecule has 1 aliphatic carbocycles. The zero-order valence-electron chi connectivity index (χ0n) is 38.3. The second-order valence-electron chi connectivity index (χ2n) is 18.2. The SMILES string of the molecule is CC[C@H](C)[C@H](NC(=O)OC)C(=O)N1C[C@@H](C)C[C@H]1c1ncc(-c2ccc3c(c2)COc2cc4c(ccc5nc([C@@H]6C[C@H](COC)CN6C(=O)[C@H](NC(=O)OC)C6=CCCC=C6)[nH]c54)cc2-3)[nH]1. The number of rotatable bonds is 12. The van der Waals surface area contributed by atoms with Gasteiger partial charge in [-0.25, -0.2) is 19.6 Å². The molecule has 16 heteroatoms. The number of nitrogens with zero attached hydrogens (tertiary/aromatic N) is 4. The summed E-state index contributed by atoms with van der Waals surface area (Å²) in [6, 6.07) is 12.4. The number of ether oxygens (including phenoxy) is 4. The summed E-state index contributed by atoms with van der Waals surface area (Å²) < 4.78 is 21.8. The lowest BCUT2D eigenvalue weighted by molar-refractivity contribution is -0.136. The first-order chi connectivity index (χ1) is 32.0. The molecule has 66 heavy (non-hydrogen) atoms. The van der Waals surface area contributed by atoms with Gasteiger partial charge in [-0.05, 0) is 89.4 Å². The summed E-state index contributed by atoms with van der Waals surface area (Å²) in [4.78, 5) is 73.8. The molecule has 9 rings (SSSR count). The van der Waals surface area contributed by atoms with Crippen LogP contribution in [-0.4, -0.2) is 107 Å². The lowest BCUT2D eigenvalue weighted by atomic mass is 9.92. The molecule has 4 N–H and O–H groups in total. The molecule has 0 radical (unpaired) electrons. The number of imidazole rings is 2. The highest BCUT2D eigenvalue weighted by Crippen LogP contribution is 2.44. The molecule has 2 aromatic heterocycles. The minimum atomic E-state index is -0.904. The molecule has 346 valence electrons. The van der Waals surface area contributed by atoms with Crippen molar-refractivity contribution in [2.45, 2.75) is 83.6 Å². The molecule has 0 bridgehead atoms. The highest BCUT2D eigenvalue weighted by Gasteiger charge is 2.43. The van der Waals surface area contributed by atoms with Crippen LogP contribution < -0.4 is 15.4 Å². The van der Waals surface area contributed by atoms with Gasteiger partial charge in [-0.15, -0.1) is 0 Å². The van der Waals surface area contributed by atoms with Crippen LogP contribution in [-0.2, 0) is 30.4 Å². The van der Waals surface area contributed by atoms with Gasteiger partial charge < -0.3 is 49.3 Å². The highest BCUT2D eigenvalue weighted by molar-refractivity contribution is 6.07. The van der Waals surface area contributed by atoms with E-state index in [1.54, 1.807) is 7.11 Å². The minimum absolute atomic E-state index is 0.0719. The molecule has 2 saturated heterocycles. The number of carbonyl (C=O) groups is 4. The fourth-order valence-corrected chi connectivity index (χ4v) is 10.1. The Morgan fingerprint density at radius 3 is 2.44 bits per heavy atom. The summed E-state index contributed by atoms with van der Waals surface area (Å²) >= 11 is 0. The maximum atomic E-state index is 14.5. The number of carbonyl (C=O) groups excluding carboxylic acids is 4. The van der Waals surface area contributed by atoms with Crippen molar-refractivity contribution in [3.05, 3.63) is 89.7 Å². The molecule has 0 saturated carbocycles. The number of hydrogen-bond acceptors (Lipinski definition) is 10. The molecule has 3 aromatic carbocycles. The Labute approximate surface area is 383 Å².